The van der Waals surface area contributed by atoms with E-state index in [0.29, 0.717) is 0 Å². The Kier molecular flexibility index (Phi) is 4.28. The highest BCUT2D eigenvalue weighted by Crippen LogP contribution is 2.38. The molecule has 0 saturated carbocycles. The number of hydrogen-bond donors (Lipinski definition) is 3. The van der Waals surface area contributed by atoms with E-state index in [0.717, 1.165) is 61.5 Å². The van der Waals surface area contributed by atoms with Gasteiger partial charge in [0.15, 0.2) is 4.90 Å². The lowest BCUT2D eigenvalue weighted by Gasteiger charge is -2.20. The smallest absolute Gasteiger partial charge is 0.333 e. The fourth-order valence-electron chi connectivity index (χ4n) is 4.53. The van der Waals surface area contributed by atoms with E-state index in [1.807, 2.05) is 0 Å². The summed E-state index contributed by atoms with van der Waals surface area (Å²) in [5, 5.41) is 16.4. The Hall–Kier alpha value is -2.59. The van der Waals surface area contributed by atoms with Crippen molar-refractivity contribution in [3.63, 3.8) is 0 Å². The molecule has 154 valence electrons. The van der Waals surface area contributed by atoms with Crippen molar-refractivity contribution in [3.05, 3.63) is 34.5 Å². The van der Waals surface area contributed by atoms with Crippen LogP contribution < -0.4 is 14.8 Å². The van der Waals surface area contributed by atoms with Crippen LogP contribution in [0.15, 0.2) is 17.2 Å². The Morgan fingerprint density at radius 2 is 1.86 bits per heavy atom. The number of aryl methyl sites for hydroxylation is 2. The lowest BCUT2D eigenvalue weighted by atomic mass is 9.99. The lowest BCUT2D eigenvalue weighted by molar-refractivity contribution is 0.0537. The first-order chi connectivity index (χ1) is 13.9. The van der Waals surface area contributed by atoms with Crippen molar-refractivity contribution in [1.29, 1.82) is 0 Å². The number of amides is 2. The normalized spacial score (nSPS) is 19.8. The predicted octanol–water partition coefficient (Wildman–Crippen LogP) is 1.12. The molecule has 0 fully saturated rings. The Morgan fingerprint density at radius 3 is 2.55 bits per heavy atom. The molecule has 1 aliphatic heterocycles. The van der Waals surface area contributed by atoms with Gasteiger partial charge in [0.25, 0.3) is 10.0 Å². The number of aromatic nitrogens is 2. The highest BCUT2D eigenvalue weighted by atomic mass is 32.2. The van der Waals surface area contributed by atoms with Gasteiger partial charge in [-0.15, -0.1) is 0 Å². The highest BCUT2D eigenvalue weighted by Gasteiger charge is 2.31. The molecule has 2 amide bonds. The molecular formula is C19H22N4O5S. The molecule has 5 rings (SSSR count). The monoisotopic (exact) mass is 418 g/mol. The van der Waals surface area contributed by atoms with Crippen molar-refractivity contribution < 1.29 is 23.1 Å². The van der Waals surface area contributed by atoms with Crippen LogP contribution in [-0.4, -0.2) is 42.0 Å². The van der Waals surface area contributed by atoms with Crippen molar-refractivity contribution in [3.8, 4) is 5.88 Å². The molecule has 1 aromatic carbocycles. The number of sulfonamides is 1. The first-order valence-corrected chi connectivity index (χ1v) is 11.3. The maximum atomic E-state index is 12.7. The molecule has 3 N–H and O–H groups in total. The third kappa shape index (κ3) is 3.16. The number of anilines is 1. The molecule has 9 nitrogen and oxygen atoms in total. The van der Waals surface area contributed by atoms with E-state index in [2.05, 4.69) is 21.2 Å². The second-order valence-corrected chi connectivity index (χ2v) is 9.41. The Morgan fingerprint density at radius 1 is 1.17 bits per heavy atom. The van der Waals surface area contributed by atoms with Crippen LogP contribution >= 0.6 is 0 Å². The number of nitrogens with one attached hydrogen (secondary N) is 2. The summed E-state index contributed by atoms with van der Waals surface area (Å²) >= 11 is 0. The van der Waals surface area contributed by atoms with Crippen LogP contribution in [0.4, 0.5) is 10.5 Å². The molecule has 3 aliphatic rings. The molecule has 0 radical (unpaired) electrons. The maximum Gasteiger partial charge on any atom is 0.333 e. The zero-order valence-corrected chi connectivity index (χ0v) is 16.6. The predicted molar refractivity (Wildman–Crippen MR) is 104 cm³/mol. The minimum atomic E-state index is -4.18. The summed E-state index contributed by atoms with van der Waals surface area (Å²) in [6, 6.07) is 1.45. The molecule has 0 spiro atoms. The number of hydrogen-bond acceptors (Lipinski definition) is 6. The van der Waals surface area contributed by atoms with Crippen LogP contribution in [0.1, 0.15) is 35.1 Å². The Balaban J connectivity index is 1.40. The van der Waals surface area contributed by atoms with Crippen molar-refractivity contribution in [2.75, 3.05) is 11.9 Å². The van der Waals surface area contributed by atoms with Gasteiger partial charge in [-0.05, 0) is 60.8 Å². The number of ether oxygens (including phenoxy) is 1. The molecule has 29 heavy (non-hydrogen) atoms. The largest absolute Gasteiger partial charge is 0.474 e. The fraction of sp³-hybridized carbons (Fsp3) is 0.474. The second-order valence-electron chi connectivity index (χ2n) is 7.75. The van der Waals surface area contributed by atoms with Gasteiger partial charge in [0, 0.05) is 5.69 Å². The van der Waals surface area contributed by atoms with E-state index in [1.54, 1.807) is 0 Å². The van der Waals surface area contributed by atoms with Gasteiger partial charge in [-0.1, -0.05) is 6.07 Å². The number of fused-ring (bicyclic) bond motifs is 3. The molecule has 10 heteroatoms. The summed E-state index contributed by atoms with van der Waals surface area (Å²) < 4.78 is 34.2. The molecule has 1 atom stereocenters. The van der Waals surface area contributed by atoms with Crippen molar-refractivity contribution in [2.45, 2.75) is 56.1 Å². The number of nitrogens with zero attached hydrogens (tertiary/aromatic N) is 2. The van der Waals surface area contributed by atoms with Gasteiger partial charge in [-0.25, -0.2) is 22.6 Å². The minimum Gasteiger partial charge on any atom is -0.474 e. The Bertz CT molecular complexity index is 1080. The SMILES string of the molecule is O=C(Nc1c2c(cc3c1CCC3)CCC2)NS(=O)(=O)c1cnn2c1OC[C@H](O)C2. The average Bonchev–Trinajstić information content (AvgIpc) is 3.39. The average molecular weight is 418 g/mol. The highest BCUT2D eigenvalue weighted by molar-refractivity contribution is 7.90. The zero-order chi connectivity index (χ0) is 20.2. The summed E-state index contributed by atoms with van der Waals surface area (Å²) in [5.74, 6) is 0.0251. The summed E-state index contributed by atoms with van der Waals surface area (Å²) in [6.45, 7) is 0.113. The number of carbonyl (C=O) groups excluding carboxylic acids is 1. The lowest BCUT2D eigenvalue weighted by Crippen LogP contribution is -2.36. The van der Waals surface area contributed by atoms with Crippen molar-refractivity contribution >= 4 is 21.7 Å². The topological polar surface area (TPSA) is 123 Å². The van der Waals surface area contributed by atoms with E-state index < -0.39 is 22.2 Å². The summed E-state index contributed by atoms with van der Waals surface area (Å²) in [4.78, 5) is 12.4. The minimum absolute atomic E-state index is 0.0251. The van der Waals surface area contributed by atoms with Gasteiger partial charge in [-0.3, -0.25) is 0 Å². The third-order valence-electron chi connectivity index (χ3n) is 5.78. The van der Waals surface area contributed by atoms with Crippen molar-refractivity contribution in [2.24, 2.45) is 0 Å². The summed E-state index contributed by atoms with van der Waals surface area (Å²) in [5.41, 5.74) is 5.52. The number of benzene rings is 1. The number of aliphatic hydroxyl groups is 1. The van der Waals surface area contributed by atoms with Gasteiger partial charge in [0.05, 0.1) is 12.7 Å². The van der Waals surface area contributed by atoms with Crippen LogP contribution in [0, 0.1) is 0 Å². The van der Waals surface area contributed by atoms with E-state index in [9.17, 15) is 18.3 Å². The van der Waals surface area contributed by atoms with Gasteiger partial charge >= 0.3 is 6.03 Å². The zero-order valence-electron chi connectivity index (χ0n) is 15.8. The number of aliphatic hydroxyl groups excluding tert-OH is 1. The Labute approximate surface area is 168 Å². The van der Waals surface area contributed by atoms with Crippen LogP contribution in [0.5, 0.6) is 5.88 Å². The standard InChI is InChI=1S/C19H22N4O5S/c24-13-9-23-18(28-10-13)16(8-20-23)29(26,27)22-19(25)21-17-14-5-1-3-11(14)7-12-4-2-6-15(12)17/h7-8,13,24H,1-6,9-10H2,(H2,21,22,25)/t13-/m1/s1. The van der Waals surface area contributed by atoms with Crippen molar-refractivity contribution in [1.82, 2.24) is 14.5 Å². The third-order valence-corrected chi connectivity index (χ3v) is 7.10. The van der Waals surface area contributed by atoms with Crippen LogP contribution in [0.25, 0.3) is 0 Å². The van der Waals surface area contributed by atoms with Crippen LogP contribution in [-0.2, 0) is 42.3 Å². The maximum absolute atomic E-state index is 12.7. The van der Waals surface area contributed by atoms with Gasteiger partial charge in [0.1, 0.15) is 12.7 Å². The van der Waals surface area contributed by atoms with E-state index in [-0.39, 0.29) is 23.9 Å². The van der Waals surface area contributed by atoms with Crippen LogP contribution in [0.2, 0.25) is 0 Å². The number of carbonyl (C=O) groups is 1. The van der Waals surface area contributed by atoms with Gasteiger partial charge < -0.3 is 15.2 Å². The number of urea groups is 1. The molecular weight excluding hydrogens is 396 g/mol. The van der Waals surface area contributed by atoms with Gasteiger partial charge in [0.2, 0.25) is 5.88 Å². The quantitative estimate of drug-likeness (QED) is 0.687. The summed E-state index contributed by atoms with van der Waals surface area (Å²) in [7, 11) is -4.18. The molecule has 2 heterocycles. The van der Waals surface area contributed by atoms with Crippen LogP contribution in [0.3, 0.4) is 0 Å². The molecule has 0 saturated heterocycles. The van der Waals surface area contributed by atoms with Gasteiger partial charge in [-0.2, -0.15) is 5.10 Å². The van der Waals surface area contributed by atoms with E-state index >= 15 is 0 Å². The molecule has 2 aliphatic carbocycles. The summed E-state index contributed by atoms with van der Waals surface area (Å²) in [6.07, 6.45) is 6.21. The first kappa shape index (κ1) is 18.4. The first-order valence-electron chi connectivity index (χ1n) is 9.79. The fourth-order valence-corrected chi connectivity index (χ4v) is 5.51. The molecule has 0 bridgehead atoms. The molecule has 1 aromatic heterocycles. The number of rotatable bonds is 3. The molecule has 2 aromatic rings. The second kappa shape index (κ2) is 6.74. The molecule has 0 unspecified atom stereocenters. The van der Waals surface area contributed by atoms with E-state index in [1.165, 1.54) is 15.8 Å². The van der Waals surface area contributed by atoms with E-state index in [4.69, 9.17) is 4.74 Å².